The highest BCUT2D eigenvalue weighted by Gasteiger charge is 2.45. The van der Waals surface area contributed by atoms with E-state index in [0.29, 0.717) is 40.1 Å². The van der Waals surface area contributed by atoms with Crippen molar-refractivity contribution in [1.29, 1.82) is 0 Å². The predicted molar refractivity (Wildman–Crippen MR) is 141 cm³/mol. The van der Waals surface area contributed by atoms with Crippen LogP contribution in [0, 0.1) is 0 Å². The third-order valence-electron chi connectivity index (χ3n) is 6.70. The van der Waals surface area contributed by atoms with Gasteiger partial charge in [0, 0.05) is 49.6 Å². The maximum Gasteiger partial charge on any atom is 0.269 e. The lowest BCUT2D eigenvalue weighted by molar-refractivity contribution is -0.143. The van der Waals surface area contributed by atoms with Crippen LogP contribution in [0.5, 0.6) is 0 Å². The van der Waals surface area contributed by atoms with E-state index in [9.17, 15) is 18.3 Å². The second-order valence-corrected chi connectivity index (χ2v) is 11.8. The first-order chi connectivity index (χ1) is 17.8. The number of carbonyl (C=O) groups excluding carboxylic acids is 1. The molecule has 6 rings (SSSR count). The number of fused-ring (bicyclic) bond motifs is 1. The number of likely N-dealkylation sites (N-methyl/N-ethyl adjacent to an activating group) is 1. The van der Waals surface area contributed by atoms with E-state index in [1.807, 2.05) is 24.3 Å². The molecule has 0 saturated carbocycles. The number of rotatable bonds is 5. The summed E-state index contributed by atoms with van der Waals surface area (Å²) in [4.78, 5) is 24.1. The smallest absolute Gasteiger partial charge is 0.269 e. The number of thiazole rings is 1. The molecule has 1 N–H and O–H groups in total. The number of aromatic nitrogens is 3. The fourth-order valence-corrected chi connectivity index (χ4v) is 6.96. The van der Waals surface area contributed by atoms with Crippen molar-refractivity contribution in [3.8, 4) is 21.0 Å². The molecule has 10 heteroatoms. The lowest BCUT2D eigenvalue weighted by Crippen LogP contribution is -2.36. The number of pyridine rings is 1. The molecule has 2 aromatic carbocycles. The minimum Gasteiger partial charge on any atom is -0.375 e. The van der Waals surface area contributed by atoms with Gasteiger partial charge in [-0.2, -0.15) is 0 Å². The Balaban J connectivity index is 1.42. The number of nitrogens with zero attached hydrogens (tertiary/aromatic N) is 4. The van der Waals surface area contributed by atoms with Crippen LogP contribution in [0.25, 0.3) is 32.0 Å². The summed E-state index contributed by atoms with van der Waals surface area (Å²) < 4.78 is 28.0. The molecule has 1 aliphatic heterocycles. The Hall–Kier alpha value is -3.86. The molecule has 0 bridgehead atoms. The van der Waals surface area contributed by atoms with E-state index in [2.05, 4.69) is 9.97 Å². The first kappa shape index (κ1) is 23.5. The topological polar surface area (TPSA) is 105 Å². The van der Waals surface area contributed by atoms with Crippen molar-refractivity contribution in [2.45, 2.75) is 16.9 Å². The van der Waals surface area contributed by atoms with E-state index in [0.717, 1.165) is 10.4 Å². The van der Waals surface area contributed by atoms with Crippen LogP contribution in [0.1, 0.15) is 12.0 Å². The molecule has 4 heterocycles. The van der Waals surface area contributed by atoms with E-state index >= 15 is 0 Å². The summed E-state index contributed by atoms with van der Waals surface area (Å²) in [6, 6.07) is 19.1. The Morgan fingerprint density at radius 2 is 1.84 bits per heavy atom. The van der Waals surface area contributed by atoms with Gasteiger partial charge in [0.2, 0.25) is 0 Å². The molecule has 8 nitrogen and oxygen atoms in total. The SMILES string of the molecule is CN1CC[C@@](O)(c2cccc(-c3cnc(-c4cn(S(=O)(=O)c5ccccc5)c5ncccc45)s3)c2)C1=O. The molecule has 1 amide bonds. The minimum atomic E-state index is -3.86. The summed E-state index contributed by atoms with van der Waals surface area (Å²) in [5.74, 6) is -0.311. The second kappa shape index (κ2) is 8.62. The quantitative estimate of drug-likeness (QED) is 0.367. The third-order valence-corrected chi connectivity index (χ3v) is 9.45. The van der Waals surface area contributed by atoms with Gasteiger partial charge < -0.3 is 10.0 Å². The average Bonchev–Trinajstić information content (AvgIpc) is 3.63. The van der Waals surface area contributed by atoms with Crippen molar-refractivity contribution in [3.63, 3.8) is 0 Å². The fraction of sp³-hybridized carbons (Fsp3) is 0.148. The van der Waals surface area contributed by atoms with E-state index < -0.39 is 15.6 Å². The van der Waals surface area contributed by atoms with Gasteiger partial charge in [-0.1, -0.05) is 36.4 Å². The van der Waals surface area contributed by atoms with E-state index in [4.69, 9.17) is 0 Å². The maximum absolute atomic E-state index is 13.4. The molecule has 37 heavy (non-hydrogen) atoms. The van der Waals surface area contributed by atoms with E-state index in [1.54, 1.807) is 68.1 Å². The van der Waals surface area contributed by atoms with Gasteiger partial charge in [0.25, 0.3) is 15.9 Å². The standard InChI is InChI=1S/C27H22N4O4S2/c1-30-14-12-27(33,26(30)32)19-8-5-7-18(15-19)23-16-29-25(36-23)22-17-31(24-21(22)11-6-13-28-24)37(34,35)20-9-3-2-4-10-20/h2-11,13,15-17,33H,12,14H2,1H3/t27-/m1/s1. The van der Waals surface area contributed by atoms with Crippen LogP contribution >= 0.6 is 11.3 Å². The van der Waals surface area contributed by atoms with Crippen molar-refractivity contribution < 1.29 is 18.3 Å². The van der Waals surface area contributed by atoms with Crippen LogP contribution in [-0.4, -0.2) is 51.9 Å². The Morgan fingerprint density at radius 1 is 1.03 bits per heavy atom. The average molecular weight is 531 g/mol. The Labute approximate surface area is 217 Å². The van der Waals surface area contributed by atoms with Crippen molar-refractivity contribution >= 4 is 38.3 Å². The van der Waals surface area contributed by atoms with Gasteiger partial charge in [-0.05, 0) is 41.5 Å². The largest absolute Gasteiger partial charge is 0.375 e. The molecule has 1 aliphatic rings. The van der Waals surface area contributed by atoms with Crippen LogP contribution in [0.15, 0.2) is 90.2 Å². The highest BCUT2D eigenvalue weighted by Crippen LogP contribution is 2.39. The highest BCUT2D eigenvalue weighted by atomic mass is 32.2. The van der Waals surface area contributed by atoms with Crippen LogP contribution in [0.2, 0.25) is 0 Å². The number of likely N-dealkylation sites (tertiary alicyclic amines) is 1. The number of benzene rings is 2. The first-order valence-electron chi connectivity index (χ1n) is 11.6. The zero-order valence-electron chi connectivity index (χ0n) is 19.8. The Bertz CT molecular complexity index is 1760. The molecule has 1 saturated heterocycles. The summed E-state index contributed by atoms with van der Waals surface area (Å²) in [7, 11) is -2.18. The zero-order valence-corrected chi connectivity index (χ0v) is 21.4. The van der Waals surface area contributed by atoms with E-state index in [-0.39, 0.29) is 10.8 Å². The van der Waals surface area contributed by atoms with Gasteiger partial charge >= 0.3 is 0 Å². The molecular weight excluding hydrogens is 508 g/mol. The summed E-state index contributed by atoms with van der Waals surface area (Å²) in [6.45, 7) is 0.494. The van der Waals surface area contributed by atoms with Gasteiger partial charge in [-0.3, -0.25) is 4.79 Å². The van der Waals surface area contributed by atoms with Crippen molar-refractivity contribution in [2.24, 2.45) is 0 Å². The molecule has 0 unspecified atom stereocenters. The van der Waals surface area contributed by atoms with Crippen LogP contribution in [0.3, 0.4) is 0 Å². The van der Waals surface area contributed by atoms with Gasteiger partial charge in [0.1, 0.15) is 5.01 Å². The molecule has 1 fully saturated rings. The first-order valence-corrected chi connectivity index (χ1v) is 13.9. The van der Waals surface area contributed by atoms with Gasteiger partial charge in [-0.25, -0.2) is 22.4 Å². The van der Waals surface area contributed by atoms with Crippen molar-refractivity contribution in [3.05, 3.63) is 90.9 Å². The summed E-state index contributed by atoms with van der Waals surface area (Å²) in [5.41, 5.74) is 0.802. The molecule has 1 atom stereocenters. The Kier molecular flexibility index (Phi) is 5.48. The zero-order chi connectivity index (χ0) is 25.8. The molecule has 5 aromatic rings. The van der Waals surface area contributed by atoms with E-state index in [1.165, 1.54) is 20.2 Å². The summed E-state index contributed by atoms with van der Waals surface area (Å²) >= 11 is 1.40. The monoisotopic (exact) mass is 530 g/mol. The molecule has 0 aliphatic carbocycles. The second-order valence-electron chi connectivity index (χ2n) is 8.98. The fourth-order valence-electron chi connectivity index (χ4n) is 4.67. The van der Waals surface area contributed by atoms with Gasteiger partial charge in [-0.15, -0.1) is 11.3 Å². The summed E-state index contributed by atoms with van der Waals surface area (Å²) in [5, 5.41) is 12.4. The van der Waals surface area contributed by atoms with Crippen molar-refractivity contribution in [1.82, 2.24) is 18.8 Å². The minimum absolute atomic E-state index is 0.172. The number of carbonyl (C=O) groups is 1. The van der Waals surface area contributed by atoms with Gasteiger partial charge in [0.05, 0.1) is 9.77 Å². The predicted octanol–water partition coefficient (Wildman–Crippen LogP) is 4.11. The van der Waals surface area contributed by atoms with Crippen LogP contribution in [-0.2, 0) is 20.4 Å². The lowest BCUT2D eigenvalue weighted by atomic mass is 9.91. The Morgan fingerprint density at radius 3 is 2.59 bits per heavy atom. The number of hydrogen-bond acceptors (Lipinski definition) is 7. The highest BCUT2D eigenvalue weighted by molar-refractivity contribution is 7.90. The number of hydrogen-bond donors (Lipinski definition) is 1. The van der Waals surface area contributed by atoms with Gasteiger partial charge in [0.15, 0.2) is 11.2 Å². The molecule has 0 radical (unpaired) electrons. The third kappa shape index (κ3) is 3.76. The molecular formula is C27H22N4O4S2. The summed E-state index contributed by atoms with van der Waals surface area (Å²) in [6.07, 6.45) is 5.18. The molecule has 3 aromatic heterocycles. The lowest BCUT2D eigenvalue weighted by Gasteiger charge is -2.21. The number of aliphatic hydroxyl groups is 1. The maximum atomic E-state index is 13.4. The number of amides is 1. The van der Waals surface area contributed by atoms with Crippen LogP contribution < -0.4 is 0 Å². The normalized spacial score (nSPS) is 18.1. The van der Waals surface area contributed by atoms with Crippen LogP contribution in [0.4, 0.5) is 0 Å². The molecule has 0 spiro atoms. The van der Waals surface area contributed by atoms with Crippen molar-refractivity contribution in [2.75, 3.05) is 13.6 Å². The molecule has 186 valence electrons.